The molecule has 0 aliphatic rings. The zero-order chi connectivity index (χ0) is 8.97. The Balaban J connectivity index is 2.52. The van der Waals surface area contributed by atoms with Crippen molar-refractivity contribution in [1.82, 2.24) is 10.2 Å². The lowest BCUT2D eigenvalue weighted by atomic mass is 10.4. The predicted molar refractivity (Wildman–Crippen MR) is 46.8 cm³/mol. The molecule has 0 fully saturated rings. The molecule has 5 heteroatoms. The smallest absolute Gasteiger partial charge is 0.276 e. The van der Waals surface area contributed by atoms with Gasteiger partial charge in [0.05, 0.1) is 13.0 Å². The molecule has 0 radical (unpaired) electrons. The van der Waals surface area contributed by atoms with Gasteiger partial charge in [0.2, 0.25) is 5.89 Å². The maximum Gasteiger partial charge on any atom is 0.276 e. The number of thioether (sulfide) groups is 1. The van der Waals surface area contributed by atoms with E-state index in [1.54, 1.807) is 11.8 Å². The van der Waals surface area contributed by atoms with E-state index in [1.807, 2.05) is 0 Å². The molecule has 0 atom stereocenters. The molecule has 4 nitrogen and oxygen atoms in total. The molecular weight excluding hydrogens is 174 g/mol. The molecule has 0 spiro atoms. The Labute approximate surface area is 75.9 Å². The summed E-state index contributed by atoms with van der Waals surface area (Å²) in [5.41, 5.74) is 3.72. The molecule has 1 aromatic heterocycles. The van der Waals surface area contributed by atoms with E-state index in [0.717, 1.165) is 13.0 Å². The predicted octanol–water partition coefficient (Wildman–Crippen LogP) is 0.354. The van der Waals surface area contributed by atoms with Gasteiger partial charge in [0.1, 0.15) is 0 Å². The Morgan fingerprint density at radius 3 is 2.83 bits per heavy atom. The number of quaternary nitrogens is 1. The molecule has 0 aliphatic heterocycles. The quantitative estimate of drug-likeness (QED) is 0.693. The minimum absolute atomic E-state index is 0.484. The van der Waals surface area contributed by atoms with Gasteiger partial charge >= 0.3 is 0 Å². The van der Waals surface area contributed by atoms with E-state index in [9.17, 15) is 0 Å². The van der Waals surface area contributed by atoms with Crippen LogP contribution in [-0.4, -0.2) is 22.0 Å². The monoisotopic (exact) mass is 188 g/mol. The lowest BCUT2D eigenvalue weighted by molar-refractivity contribution is -0.367. The summed E-state index contributed by atoms with van der Waals surface area (Å²) >= 11 is 1.58. The van der Waals surface area contributed by atoms with E-state index in [-0.39, 0.29) is 0 Å². The molecule has 12 heavy (non-hydrogen) atoms. The molecular formula is C7H14N3OS+. The molecule has 3 N–H and O–H groups in total. The third-order valence-electron chi connectivity index (χ3n) is 1.18. The summed E-state index contributed by atoms with van der Waals surface area (Å²) in [5, 5.41) is 8.92. The van der Waals surface area contributed by atoms with Gasteiger partial charge in [-0.2, -0.15) is 0 Å². The summed E-state index contributed by atoms with van der Waals surface area (Å²) in [4.78, 5) is 0. The summed E-state index contributed by atoms with van der Waals surface area (Å²) in [7, 11) is 0. The molecule has 68 valence electrons. The summed E-state index contributed by atoms with van der Waals surface area (Å²) < 4.78 is 5.34. The number of aromatic nitrogens is 2. The molecule has 0 unspecified atom stereocenters. The van der Waals surface area contributed by atoms with Crippen LogP contribution >= 0.6 is 11.8 Å². The van der Waals surface area contributed by atoms with Gasteiger partial charge in [0, 0.05) is 5.25 Å². The molecule has 0 saturated carbocycles. The van der Waals surface area contributed by atoms with E-state index in [4.69, 9.17) is 4.42 Å². The maximum atomic E-state index is 5.34. The minimum Gasteiger partial charge on any atom is -0.416 e. The number of hydrogen-bond acceptors (Lipinski definition) is 4. The van der Waals surface area contributed by atoms with Gasteiger partial charge in [0.25, 0.3) is 5.22 Å². The third-order valence-corrected chi connectivity index (χ3v) is 2.01. The van der Waals surface area contributed by atoms with Crippen molar-refractivity contribution >= 4 is 11.8 Å². The van der Waals surface area contributed by atoms with Gasteiger partial charge in [-0.25, -0.2) is 0 Å². The Hall–Kier alpha value is -0.550. The first-order chi connectivity index (χ1) is 5.72. The summed E-state index contributed by atoms with van der Waals surface area (Å²) in [6.07, 6.45) is 0.769. The van der Waals surface area contributed by atoms with Crippen LogP contribution in [0.2, 0.25) is 0 Å². The van der Waals surface area contributed by atoms with Crippen LogP contribution in [0.5, 0.6) is 0 Å². The van der Waals surface area contributed by atoms with Crippen LogP contribution < -0.4 is 5.73 Å². The van der Waals surface area contributed by atoms with E-state index in [2.05, 4.69) is 29.8 Å². The molecule has 1 rings (SSSR count). The minimum atomic E-state index is 0.484. The average molecular weight is 188 g/mol. The molecule has 1 heterocycles. The average Bonchev–Trinajstić information content (AvgIpc) is 2.36. The third kappa shape index (κ3) is 2.83. The Kier molecular flexibility index (Phi) is 3.55. The Morgan fingerprint density at radius 1 is 1.50 bits per heavy atom. The second kappa shape index (κ2) is 4.47. The van der Waals surface area contributed by atoms with Gasteiger partial charge in [-0.15, -0.1) is 10.2 Å². The van der Waals surface area contributed by atoms with E-state index in [1.165, 1.54) is 0 Å². The maximum absolute atomic E-state index is 5.34. The second-order valence-electron chi connectivity index (χ2n) is 2.73. The standard InChI is InChI=1S/C7H13N3OS/c1-5(2)12-7-10-9-6(11-7)3-4-8/h5H,3-4,8H2,1-2H3/p+1. The highest BCUT2D eigenvalue weighted by atomic mass is 32.2. The number of hydrogen-bond donors (Lipinski definition) is 1. The van der Waals surface area contributed by atoms with Crippen molar-refractivity contribution < 1.29 is 10.2 Å². The van der Waals surface area contributed by atoms with Crippen molar-refractivity contribution in [3.63, 3.8) is 0 Å². The topological polar surface area (TPSA) is 66.6 Å². The van der Waals surface area contributed by atoms with Gasteiger partial charge in [-0.05, 0) is 0 Å². The lowest BCUT2D eigenvalue weighted by Crippen LogP contribution is -2.51. The fraction of sp³-hybridized carbons (Fsp3) is 0.714. The van der Waals surface area contributed by atoms with E-state index >= 15 is 0 Å². The fourth-order valence-electron chi connectivity index (χ4n) is 0.740. The van der Waals surface area contributed by atoms with Gasteiger partial charge in [0.15, 0.2) is 0 Å². The second-order valence-corrected chi connectivity index (χ2v) is 4.26. The molecule has 0 saturated heterocycles. The first kappa shape index (κ1) is 9.54. The van der Waals surface area contributed by atoms with Crippen LogP contribution in [0.1, 0.15) is 19.7 Å². The van der Waals surface area contributed by atoms with Crippen molar-refractivity contribution in [2.75, 3.05) is 6.54 Å². The highest BCUT2D eigenvalue weighted by Crippen LogP contribution is 2.20. The molecule has 1 aromatic rings. The summed E-state index contributed by atoms with van der Waals surface area (Å²) in [6, 6.07) is 0. The molecule has 0 amide bonds. The highest BCUT2D eigenvalue weighted by Gasteiger charge is 2.07. The normalized spacial score (nSPS) is 11.0. The zero-order valence-electron chi connectivity index (χ0n) is 7.41. The van der Waals surface area contributed by atoms with Crippen molar-refractivity contribution in [3.8, 4) is 0 Å². The Bertz CT molecular complexity index is 236. The van der Waals surface area contributed by atoms with Crippen molar-refractivity contribution in [1.29, 1.82) is 0 Å². The van der Waals surface area contributed by atoms with Crippen LogP contribution in [0.15, 0.2) is 9.64 Å². The fourth-order valence-corrected chi connectivity index (χ4v) is 1.38. The summed E-state index contributed by atoms with van der Waals surface area (Å²) in [5.74, 6) is 0.688. The zero-order valence-corrected chi connectivity index (χ0v) is 8.23. The first-order valence-corrected chi connectivity index (χ1v) is 4.88. The first-order valence-electron chi connectivity index (χ1n) is 4.00. The van der Waals surface area contributed by atoms with Gasteiger partial charge in [-0.1, -0.05) is 25.6 Å². The van der Waals surface area contributed by atoms with Crippen LogP contribution in [-0.2, 0) is 6.42 Å². The van der Waals surface area contributed by atoms with Crippen molar-refractivity contribution in [2.24, 2.45) is 0 Å². The van der Waals surface area contributed by atoms with Crippen LogP contribution in [0.4, 0.5) is 0 Å². The van der Waals surface area contributed by atoms with E-state index in [0.29, 0.717) is 16.4 Å². The molecule has 0 aromatic carbocycles. The van der Waals surface area contributed by atoms with Gasteiger partial charge < -0.3 is 10.2 Å². The molecule has 0 aliphatic carbocycles. The Morgan fingerprint density at radius 2 is 2.25 bits per heavy atom. The largest absolute Gasteiger partial charge is 0.416 e. The SMILES string of the molecule is CC(C)Sc1nnc(CC[NH3+])o1. The number of nitrogens with zero attached hydrogens (tertiary/aromatic N) is 2. The lowest BCUT2D eigenvalue weighted by Gasteiger charge is -1.95. The molecule has 0 bridgehead atoms. The van der Waals surface area contributed by atoms with Gasteiger partial charge in [-0.3, -0.25) is 0 Å². The van der Waals surface area contributed by atoms with E-state index < -0.39 is 0 Å². The number of rotatable bonds is 4. The van der Waals surface area contributed by atoms with Crippen LogP contribution in [0, 0.1) is 0 Å². The summed E-state index contributed by atoms with van der Waals surface area (Å²) in [6.45, 7) is 4.99. The van der Waals surface area contributed by atoms with Crippen LogP contribution in [0.3, 0.4) is 0 Å². The van der Waals surface area contributed by atoms with Crippen molar-refractivity contribution in [2.45, 2.75) is 30.7 Å². The van der Waals surface area contributed by atoms with Crippen LogP contribution in [0.25, 0.3) is 0 Å². The highest BCUT2D eigenvalue weighted by molar-refractivity contribution is 7.99. The van der Waals surface area contributed by atoms with Crippen molar-refractivity contribution in [3.05, 3.63) is 5.89 Å².